The molecule has 7 heteroatoms. The summed E-state index contributed by atoms with van der Waals surface area (Å²) in [6, 6.07) is 12.3. The van der Waals surface area contributed by atoms with Gasteiger partial charge in [0.25, 0.3) is 5.91 Å². The molecule has 1 N–H and O–H groups in total. The average Bonchev–Trinajstić information content (AvgIpc) is 3.44. The van der Waals surface area contributed by atoms with Gasteiger partial charge in [-0.15, -0.1) is 0 Å². The minimum Gasteiger partial charge on any atom is -0.467 e. The van der Waals surface area contributed by atoms with Crippen molar-refractivity contribution in [3.8, 4) is 0 Å². The lowest BCUT2D eigenvalue weighted by atomic mass is 9.95. The molecule has 174 valence electrons. The second kappa shape index (κ2) is 10.1. The molecule has 1 aliphatic heterocycles. The zero-order valence-electron chi connectivity index (χ0n) is 19.1. The Bertz CT molecular complexity index is 1110. The van der Waals surface area contributed by atoms with E-state index in [0.29, 0.717) is 56.6 Å². The van der Waals surface area contributed by atoms with Gasteiger partial charge in [0.15, 0.2) is 0 Å². The van der Waals surface area contributed by atoms with E-state index in [1.807, 2.05) is 36.9 Å². The van der Waals surface area contributed by atoms with Gasteiger partial charge in [0, 0.05) is 36.9 Å². The molecule has 1 saturated heterocycles. The number of rotatable bonds is 7. The van der Waals surface area contributed by atoms with E-state index in [1.165, 1.54) is 6.07 Å². The molecule has 33 heavy (non-hydrogen) atoms. The number of carbonyl (C=O) groups excluding carboxylic acids is 2. The van der Waals surface area contributed by atoms with E-state index in [1.54, 1.807) is 24.5 Å². The molecule has 3 aromatic rings. The molecule has 3 heterocycles. The number of carbonyl (C=O) groups is 2. The Morgan fingerprint density at radius 2 is 1.88 bits per heavy atom. The van der Waals surface area contributed by atoms with Gasteiger partial charge in [-0.25, -0.2) is 4.39 Å². The van der Waals surface area contributed by atoms with Crippen LogP contribution in [0.3, 0.4) is 0 Å². The fraction of sp³-hybridized carbons (Fsp3) is 0.385. The van der Waals surface area contributed by atoms with Crippen LogP contribution in [0.5, 0.6) is 0 Å². The number of hydrogen-bond acceptors (Lipinski definition) is 3. The van der Waals surface area contributed by atoms with Crippen LogP contribution < -0.4 is 5.32 Å². The predicted molar refractivity (Wildman–Crippen MR) is 123 cm³/mol. The van der Waals surface area contributed by atoms with Crippen molar-refractivity contribution in [3.05, 3.63) is 82.8 Å². The van der Waals surface area contributed by atoms with Gasteiger partial charge < -0.3 is 19.2 Å². The van der Waals surface area contributed by atoms with Crippen molar-refractivity contribution in [2.24, 2.45) is 5.92 Å². The van der Waals surface area contributed by atoms with Crippen LogP contribution >= 0.6 is 0 Å². The first kappa shape index (κ1) is 22.8. The summed E-state index contributed by atoms with van der Waals surface area (Å²) < 4.78 is 21.3. The first-order chi connectivity index (χ1) is 15.9. The maximum absolute atomic E-state index is 13.7. The summed E-state index contributed by atoms with van der Waals surface area (Å²) in [6.45, 7) is 6.04. The molecule has 0 radical (unpaired) electrons. The lowest BCUT2D eigenvalue weighted by Gasteiger charge is -2.31. The number of furan rings is 1. The zero-order valence-corrected chi connectivity index (χ0v) is 19.1. The number of aromatic nitrogens is 1. The number of nitrogens with zero attached hydrogens (tertiary/aromatic N) is 2. The maximum Gasteiger partial charge on any atom is 0.255 e. The van der Waals surface area contributed by atoms with Crippen molar-refractivity contribution >= 4 is 11.8 Å². The molecule has 1 fully saturated rings. The van der Waals surface area contributed by atoms with Gasteiger partial charge in [-0.2, -0.15) is 0 Å². The van der Waals surface area contributed by atoms with E-state index in [4.69, 9.17) is 4.42 Å². The molecule has 2 aromatic heterocycles. The summed E-state index contributed by atoms with van der Waals surface area (Å²) in [5.41, 5.74) is 3.23. The Morgan fingerprint density at radius 3 is 2.58 bits per heavy atom. The summed E-state index contributed by atoms with van der Waals surface area (Å²) in [7, 11) is 0. The van der Waals surface area contributed by atoms with Crippen LogP contribution in [0.4, 0.5) is 4.39 Å². The Labute approximate surface area is 193 Å². The van der Waals surface area contributed by atoms with E-state index in [2.05, 4.69) is 9.88 Å². The third-order valence-electron chi connectivity index (χ3n) is 6.50. The van der Waals surface area contributed by atoms with Crippen LogP contribution in [0.15, 0.2) is 53.1 Å². The van der Waals surface area contributed by atoms with Gasteiger partial charge in [-0.05, 0) is 62.9 Å². The highest BCUT2D eigenvalue weighted by molar-refractivity contribution is 5.96. The number of halogens is 1. The largest absolute Gasteiger partial charge is 0.467 e. The molecular weight excluding hydrogens is 421 g/mol. The van der Waals surface area contributed by atoms with Crippen molar-refractivity contribution in [3.63, 3.8) is 0 Å². The summed E-state index contributed by atoms with van der Waals surface area (Å²) in [5, 5.41) is 2.92. The standard InChI is InChI=1S/C26H30FN3O3/c1-18-16-23(19(2)30(18)17-22-7-5-15-33-22)26(32)29-13-10-21(11-14-29)25(31)28-12-9-20-6-3-4-8-24(20)27/h3-8,15-16,21H,9-14,17H2,1-2H3,(H,28,31). The normalized spacial score (nSPS) is 14.5. The van der Waals surface area contributed by atoms with E-state index < -0.39 is 0 Å². The number of benzene rings is 1. The highest BCUT2D eigenvalue weighted by Crippen LogP contribution is 2.23. The molecule has 6 nitrogen and oxygen atoms in total. The Kier molecular flexibility index (Phi) is 6.96. The predicted octanol–water partition coefficient (Wildman–Crippen LogP) is 4.10. The number of aryl methyl sites for hydroxylation is 1. The minimum absolute atomic E-state index is 0.00667. The highest BCUT2D eigenvalue weighted by Gasteiger charge is 2.29. The van der Waals surface area contributed by atoms with Crippen LogP contribution in [0.25, 0.3) is 0 Å². The average molecular weight is 452 g/mol. The molecular formula is C26H30FN3O3. The minimum atomic E-state index is -0.248. The topological polar surface area (TPSA) is 67.5 Å². The van der Waals surface area contributed by atoms with Gasteiger partial charge in [0.2, 0.25) is 5.91 Å². The van der Waals surface area contributed by atoms with E-state index in [9.17, 15) is 14.0 Å². The monoisotopic (exact) mass is 451 g/mol. The number of amides is 2. The molecule has 2 amide bonds. The first-order valence-corrected chi connectivity index (χ1v) is 11.4. The highest BCUT2D eigenvalue weighted by atomic mass is 19.1. The summed E-state index contributed by atoms with van der Waals surface area (Å²) in [6.07, 6.45) is 3.37. The van der Waals surface area contributed by atoms with Gasteiger partial charge in [0.05, 0.1) is 18.4 Å². The van der Waals surface area contributed by atoms with Crippen molar-refractivity contribution in [2.75, 3.05) is 19.6 Å². The molecule has 1 aromatic carbocycles. The summed E-state index contributed by atoms with van der Waals surface area (Å²) in [4.78, 5) is 27.6. The number of hydrogen-bond donors (Lipinski definition) is 1. The Balaban J connectivity index is 1.29. The Morgan fingerprint density at radius 1 is 1.12 bits per heavy atom. The molecule has 0 saturated carbocycles. The van der Waals surface area contributed by atoms with Gasteiger partial charge in [-0.3, -0.25) is 9.59 Å². The zero-order chi connectivity index (χ0) is 23.4. The van der Waals surface area contributed by atoms with Crippen LogP contribution in [0, 0.1) is 25.6 Å². The number of piperidine rings is 1. The summed E-state index contributed by atoms with van der Waals surface area (Å²) >= 11 is 0. The molecule has 0 unspecified atom stereocenters. The SMILES string of the molecule is Cc1cc(C(=O)N2CCC(C(=O)NCCc3ccccc3F)CC2)c(C)n1Cc1ccco1. The molecule has 0 bridgehead atoms. The van der Waals surface area contributed by atoms with Crippen LogP contribution in [-0.4, -0.2) is 40.9 Å². The second-order valence-corrected chi connectivity index (χ2v) is 8.65. The van der Waals surface area contributed by atoms with Crippen molar-refractivity contribution < 1.29 is 18.4 Å². The molecule has 4 rings (SSSR count). The number of likely N-dealkylation sites (tertiary alicyclic amines) is 1. The lowest BCUT2D eigenvalue weighted by molar-refractivity contribution is -0.126. The van der Waals surface area contributed by atoms with Crippen LogP contribution in [0.2, 0.25) is 0 Å². The van der Waals surface area contributed by atoms with Crippen molar-refractivity contribution in [1.82, 2.24) is 14.8 Å². The quantitative estimate of drug-likeness (QED) is 0.588. The van der Waals surface area contributed by atoms with Gasteiger partial charge >= 0.3 is 0 Å². The second-order valence-electron chi connectivity index (χ2n) is 8.65. The fourth-order valence-corrected chi connectivity index (χ4v) is 4.50. The van der Waals surface area contributed by atoms with Crippen molar-refractivity contribution in [1.29, 1.82) is 0 Å². The number of nitrogens with one attached hydrogen (secondary N) is 1. The van der Waals surface area contributed by atoms with E-state index in [-0.39, 0.29) is 23.5 Å². The molecule has 0 aliphatic carbocycles. The third kappa shape index (κ3) is 5.18. The molecule has 0 spiro atoms. The van der Waals surface area contributed by atoms with Crippen molar-refractivity contribution in [2.45, 2.75) is 39.7 Å². The summed E-state index contributed by atoms with van der Waals surface area (Å²) in [5.74, 6) is 0.461. The third-order valence-corrected chi connectivity index (χ3v) is 6.50. The molecule has 0 atom stereocenters. The maximum atomic E-state index is 13.7. The lowest BCUT2D eigenvalue weighted by Crippen LogP contribution is -2.43. The van der Waals surface area contributed by atoms with Gasteiger partial charge in [0.1, 0.15) is 11.6 Å². The van der Waals surface area contributed by atoms with Crippen LogP contribution in [0.1, 0.15) is 45.9 Å². The van der Waals surface area contributed by atoms with E-state index >= 15 is 0 Å². The van der Waals surface area contributed by atoms with E-state index in [0.717, 1.165) is 17.1 Å². The smallest absolute Gasteiger partial charge is 0.255 e. The first-order valence-electron chi connectivity index (χ1n) is 11.4. The fourth-order valence-electron chi connectivity index (χ4n) is 4.50. The van der Waals surface area contributed by atoms with Gasteiger partial charge in [-0.1, -0.05) is 18.2 Å². The van der Waals surface area contributed by atoms with Crippen LogP contribution in [-0.2, 0) is 17.8 Å². The Hall–Kier alpha value is -3.35. The molecule has 1 aliphatic rings.